The summed E-state index contributed by atoms with van der Waals surface area (Å²) >= 11 is 0. The standard InChI is InChI=1S/C14H22FNO/c1-10(2)14(9-17-4)16-11(3)12-5-7-13(15)8-6-12/h5-8,10-11,14,16H,9H2,1-4H3/t11-,14?/m1/s1. The normalized spacial score (nSPS) is 14.9. The van der Waals surface area contributed by atoms with Gasteiger partial charge in [0.25, 0.3) is 0 Å². The van der Waals surface area contributed by atoms with E-state index in [9.17, 15) is 4.39 Å². The lowest BCUT2D eigenvalue weighted by Gasteiger charge is -2.26. The number of benzene rings is 1. The van der Waals surface area contributed by atoms with Gasteiger partial charge in [0, 0.05) is 19.2 Å². The summed E-state index contributed by atoms with van der Waals surface area (Å²) in [5.74, 6) is 0.302. The molecule has 0 spiro atoms. The van der Waals surface area contributed by atoms with Crippen LogP contribution in [0.1, 0.15) is 32.4 Å². The van der Waals surface area contributed by atoms with Gasteiger partial charge in [0.15, 0.2) is 0 Å². The van der Waals surface area contributed by atoms with Crippen molar-refractivity contribution in [2.24, 2.45) is 5.92 Å². The zero-order chi connectivity index (χ0) is 12.8. The summed E-state index contributed by atoms with van der Waals surface area (Å²) in [6, 6.07) is 7.12. The van der Waals surface area contributed by atoms with E-state index in [0.717, 1.165) is 5.56 Å². The van der Waals surface area contributed by atoms with E-state index in [4.69, 9.17) is 4.74 Å². The molecule has 2 nitrogen and oxygen atoms in total. The summed E-state index contributed by atoms with van der Waals surface area (Å²) in [6.45, 7) is 7.09. The second-order valence-electron chi connectivity index (χ2n) is 4.75. The van der Waals surface area contributed by atoms with Crippen LogP contribution in [0.2, 0.25) is 0 Å². The van der Waals surface area contributed by atoms with Crippen LogP contribution in [0.25, 0.3) is 0 Å². The number of hydrogen-bond donors (Lipinski definition) is 1. The minimum Gasteiger partial charge on any atom is -0.383 e. The molecule has 1 N–H and O–H groups in total. The molecule has 0 aliphatic heterocycles. The predicted octanol–water partition coefficient (Wildman–Crippen LogP) is 3.15. The number of rotatable bonds is 6. The van der Waals surface area contributed by atoms with E-state index in [1.807, 2.05) is 12.1 Å². The van der Waals surface area contributed by atoms with E-state index >= 15 is 0 Å². The molecule has 3 heteroatoms. The third-order valence-corrected chi connectivity index (χ3v) is 2.99. The lowest BCUT2D eigenvalue weighted by Crippen LogP contribution is -2.39. The zero-order valence-corrected chi connectivity index (χ0v) is 11.0. The molecular weight excluding hydrogens is 217 g/mol. The highest BCUT2D eigenvalue weighted by Gasteiger charge is 2.16. The Balaban J connectivity index is 2.63. The minimum atomic E-state index is -0.196. The van der Waals surface area contributed by atoms with Crippen molar-refractivity contribution in [1.82, 2.24) is 5.32 Å². The molecule has 0 aliphatic carbocycles. The van der Waals surface area contributed by atoms with E-state index in [2.05, 4.69) is 26.1 Å². The Kier molecular flexibility index (Phi) is 5.59. The first-order chi connectivity index (χ1) is 8.04. The largest absolute Gasteiger partial charge is 0.383 e. The van der Waals surface area contributed by atoms with Crippen molar-refractivity contribution in [3.05, 3.63) is 35.6 Å². The Bertz CT molecular complexity index is 323. The predicted molar refractivity (Wildman–Crippen MR) is 68.5 cm³/mol. The summed E-state index contributed by atoms with van der Waals surface area (Å²) in [4.78, 5) is 0. The monoisotopic (exact) mass is 239 g/mol. The highest BCUT2D eigenvalue weighted by Crippen LogP contribution is 2.15. The van der Waals surface area contributed by atoms with Crippen molar-refractivity contribution in [1.29, 1.82) is 0 Å². The van der Waals surface area contributed by atoms with Crippen LogP contribution in [0.4, 0.5) is 4.39 Å². The summed E-state index contributed by atoms with van der Waals surface area (Å²) in [7, 11) is 1.71. The molecule has 0 aromatic heterocycles. The maximum absolute atomic E-state index is 12.8. The zero-order valence-electron chi connectivity index (χ0n) is 11.0. The molecule has 2 atom stereocenters. The minimum absolute atomic E-state index is 0.193. The maximum atomic E-state index is 12.8. The van der Waals surface area contributed by atoms with E-state index in [1.165, 1.54) is 12.1 Å². The van der Waals surface area contributed by atoms with Crippen molar-refractivity contribution in [3.63, 3.8) is 0 Å². The molecule has 0 fully saturated rings. The quantitative estimate of drug-likeness (QED) is 0.823. The van der Waals surface area contributed by atoms with Crippen LogP contribution in [-0.4, -0.2) is 19.8 Å². The molecule has 0 saturated carbocycles. The van der Waals surface area contributed by atoms with Gasteiger partial charge in [-0.2, -0.15) is 0 Å². The first kappa shape index (κ1) is 14.1. The third-order valence-electron chi connectivity index (χ3n) is 2.99. The summed E-state index contributed by atoms with van der Waals surface area (Å²) in [5.41, 5.74) is 1.09. The van der Waals surface area contributed by atoms with Crippen LogP contribution in [-0.2, 0) is 4.74 Å². The average molecular weight is 239 g/mol. The summed E-state index contributed by atoms with van der Waals surface area (Å²) in [6.07, 6.45) is 0. The van der Waals surface area contributed by atoms with Gasteiger partial charge in [-0.15, -0.1) is 0 Å². The van der Waals surface area contributed by atoms with Crippen LogP contribution < -0.4 is 5.32 Å². The van der Waals surface area contributed by atoms with Gasteiger partial charge in [-0.05, 0) is 30.5 Å². The van der Waals surface area contributed by atoms with Crippen LogP contribution in [0, 0.1) is 11.7 Å². The van der Waals surface area contributed by atoms with Gasteiger partial charge < -0.3 is 10.1 Å². The van der Waals surface area contributed by atoms with Crippen molar-refractivity contribution in [2.75, 3.05) is 13.7 Å². The third kappa shape index (κ3) is 4.44. The van der Waals surface area contributed by atoms with Crippen molar-refractivity contribution >= 4 is 0 Å². The lowest BCUT2D eigenvalue weighted by molar-refractivity contribution is 0.141. The summed E-state index contributed by atoms with van der Waals surface area (Å²) < 4.78 is 18.0. The molecule has 17 heavy (non-hydrogen) atoms. The van der Waals surface area contributed by atoms with Crippen LogP contribution in [0.15, 0.2) is 24.3 Å². The molecule has 1 aromatic rings. The Labute approximate surface area is 103 Å². The highest BCUT2D eigenvalue weighted by molar-refractivity contribution is 5.19. The van der Waals surface area contributed by atoms with E-state index < -0.39 is 0 Å². The fraction of sp³-hybridized carbons (Fsp3) is 0.571. The molecule has 96 valence electrons. The average Bonchev–Trinajstić information content (AvgIpc) is 2.29. The molecular formula is C14H22FNO. The summed E-state index contributed by atoms with van der Waals surface area (Å²) in [5, 5.41) is 3.51. The number of ether oxygens (including phenoxy) is 1. The van der Waals surface area contributed by atoms with Gasteiger partial charge in [0.2, 0.25) is 0 Å². The first-order valence-electron chi connectivity index (χ1n) is 6.05. The topological polar surface area (TPSA) is 21.3 Å². The number of methoxy groups -OCH3 is 1. The molecule has 0 bridgehead atoms. The van der Waals surface area contributed by atoms with Crippen LogP contribution in [0.5, 0.6) is 0 Å². The van der Waals surface area contributed by atoms with Gasteiger partial charge in [-0.1, -0.05) is 26.0 Å². The van der Waals surface area contributed by atoms with Gasteiger partial charge >= 0.3 is 0 Å². The Morgan fingerprint density at radius 3 is 2.24 bits per heavy atom. The van der Waals surface area contributed by atoms with Gasteiger partial charge in [-0.3, -0.25) is 0 Å². The smallest absolute Gasteiger partial charge is 0.123 e. The van der Waals surface area contributed by atoms with Crippen LogP contribution >= 0.6 is 0 Å². The molecule has 1 unspecified atom stereocenters. The number of hydrogen-bond acceptors (Lipinski definition) is 2. The fourth-order valence-electron chi connectivity index (χ4n) is 1.78. The van der Waals surface area contributed by atoms with E-state index in [-0.39, 0.29) is 11.9 Å². The fourth-order valence-corrected chi connectivity index (χ4v) is 1.78. The van der Waals surface area contributed by atoms with Crippen LogP contribution in [0.3, 0.4) is 0 Å². The number of nitrogens with one attached hydrogen (secondary N) is 1. The Morgan fingerprint density at radius 2 is 1.76 bits per heavy atom. The second kappa shape index (κ2) is 6.72. The van der Waals surface area contributed by atoms with Crippen molar-refractivity contribution in [3.8, 4) is 0 Å². The van der Waals surface area contributed by atoms with Gasteiger partial charge in [0.1, 0.15) is 5.82 Å². The van der Waals surface area contributed by atoms with Crippen molar-refractivity contribution in [2.45, 2.75) is 32.9 Å². The molecule has 0 heterocycles. The van der Waals surface area contributed by atoms with E-state index in [1.54, 1.807) is 7.11 Å². The highest BCUT2D eigenvalue weighted by atomic mass is 19.1. The number of halogens is 1. The van der Waals surface area contributed by atoms with Crippen molar-refractivity contribution < 1.29 is 9.13 Å². The molecule has 0 radical (unpaired) electrons. The van der Waals surface area contributed by atoms with E-state index in [0.29, 0.717) is 18.6 Å². The Hall–Kier alpha value is -0.930. The van der Waals surface area contributed by atoms with Gasteiger partial charge in [0.05, 0.1) is 6.61 Å². The first-order valence-corrected chi connectivity index (χ1v) is 6.05. The lowest BCUT2D eigenvalue weighted by atomic mass is 10.0. The molecule has 0 amide bonds. The SMILES string of the molecule is COCC(N[C@H](C)c1ccc(F)cc1)C(C)C. The molecule has 1 aromatic carbocycles. The second-order valence-corrected chi connectivity index (χ2v) is 4.75. The van der Waals surface area contributed by atoms with Gasteiger partial charge in [-0.25, -0.2) is 4.39 Å². The molecule has 0 aliphatic rings. The maximum Gasteiger partial charge on any atom is 0.123 e. The molecule has 0 saturated heterocycles. The molecule has 1 rings (SSSR count). The Morgan fingerprint density at radius 1 is 1.18 bits per heavy atom.